The lowest BCUT2D eigenvalue weighted by Gasteiger charge is -2.23. The number of esters is 1. The zero-order valence-electron chi connectivity index (χ0n) is 20.0. The first-order valence-electron chi connectivity index (χ1n) is 12.3. The molecule has 6 nitrogen and oxygen atoms in total. The highest BCUT2D eigenvalue weighted by Crippen LogP contribution is 2.32. The number of rotatable bonds is 8. The van der Waals surface area contributed by atoms with Crippen LogP contribution in [0.5, 0.6) is 0 Å². The fourth-order valence-electron chi connectivity index (χ4n) is 4.74. The lowest BCUT2D eigenvalue weighted by molar-refractivity contribution is -0.155. The Morgan fingerprint density at radius 2 is 1.91 bits per heavy atom. The van der Waals surface area contributed by atoms with Crippen molar-refractivity contribution in [2.75, 3.05) is 0 Å². The van der Waals surface area contributed by atoms with Gasteiger partial charge in [0.15, 0.2) is 0 Å². The van der Waals surface area contributed by atoms with Crippen LogP contribution in [0.3, 0.4) is 0 Å². The molecule has 176 valence electrons. The minimum atomic E-state index is -0.515. The summed E-state index contributed by atoms with van der Waals surface area (Å²) >= 11 is 0. The molecule has 0 aliphatic heterocycles. The Morgan fingerprint density at radius 1 is 1.15 bits per heavy atom. The normalized spacial score (nSPS) is 16.1. The van der Waals surface area contributed by atoms with Crippen molar-refractivity contribution in [2.24, 2.45) is 5.92 Å². The summed E-state index contributed by atoms with van der Waals surface area (Å²) in [5.41, 5.74) is 0.153. The number of pyridine rings is 1. The molecule has 0 amide bonds. The van der Waals surface area contributed by atoms with Crippen molar-refractivity contribution in [2.45, 2.75) is 90.1 Å². The van der Waals surface area contributed by atoms with E-state index in [-0.39, 0.29) is 18.3 Å². The zero-order chi connectivity index (χ0) is 23.3. The number of hydrogen-bond donors (Lipinski definition) is 0. The van der Waals surface area contributed by atoms with Crippen LogP contribution in [0.25, 0.3) is 22.3 Å². The van der Waals surface area contributed by atoms with Crippen molar-refractivity contribution in [1.29, 1.82) is 0 Å². The van der Waals surface area contributed by atoms with Crippen molar-refractivity contribution in [3.63, 3.8) is 0 Å². The van der Waals surface area contributed by atoms with Gasteiger partial charge in [-0.1, -0.05) is 74.4 Å². The van der Waals surface area contributed by atoms with Crippen LogP contribution >= 0.6 is 0 Å². The van der Waals surface area contributed by atoms with E-state index in [2.05, 4.69) is 15.1 Å². The second-order valence-electron chi connectivity index (χ2n) is 10.3. The lowest BCUT2D eigenvalue weighted by atomic mass is 9.84. The Morgan fingerprint density at radius 3 is 2.67 bits per heavy atom. The number of carbonyl (C=O) groups is 1. The lowest BCUT2D eigenvalue weighted by Crippen LogP contribution is -2.25. The quantitative estimate of drug-likeness (QED) is 0.350. The third-order valence-electron chi connectivity index (χ3n) is 6.37. The Labute approximate surface area is 196 Å². The van der Waals surface area contributed by atoms with Crippen molar-refractivity contribution >= 4 is 16.7 Å². The fourth-order valence-corrected chi connectivity index (χ4v) is 4.74. The molecule has 0 saturated heterocycles. The second kappa shape index (κ2) is 10.4. The Balaban J connectivity index is 1.48. The largest absolute Gasteiger partial charge is 0.460 e. The molecule has 1 saturated carbocycles. The Hall–Kier alpha value is -2.76. The first-order valence-corrected chi connectivity index (χ1v) is 12.3. The van der Waals surface area contributed by atoms with Gasteiger partial charge in [-0.2, -0.15) is 4.98 Å². The van der Waals surface area contributed by atoms with Gasteiger partial charge in [-0.25, -0.2) is 0 Å². The molecule has 1 aliphatic rings. The number of fused-ring (bicyclic) bond motifs is 1. The first kappa shape index (κ1) is 23.4. The second-order valence-corrected chi connectivity index (χ2v) is 10.3. The van der Waals surface area contributed by atoms with E-state index in [9.17, 15) is 4.79 Å². The predicted molar refractivity (Wildman–Crippen MR) is 129 cm³/mol. The fraction of sp³-hybridized carbons (Fsp3) is 0.556. The number of hydrogen-bond acceptors (Lipinski definition) is 6. The molecule has 0 radical (unpaired) electrons. The van der Waals surface area contributed by atoms with Crippen molar-refractivity contribution < 1.29 is 14.1 Å². The molecule has 2 heterocycles. The van der Waals surface area contributed by atoms with E-state index in [0.717, 1.165) is 29.5 Å². The van der Waals surface area contributed by atoms with Gasteiger partial charge >= 0.3 is 5.97 Å². The van der Waals surface area contributed by atoms with Crippen LogP contribution < -0.4 is 0 Å². The van der Waals surface area contributed by atoms with Gasteiger partial charge in [0.2, 0.25) is 11.7 Å². The average Bonchev–Trinajstić information content (AvgIpc) is 3.28. The molecule has 1 fully saturated rings. The van der Waals surface area contributed by atoms with Gasteiger partial charge in [0.05, 0.1) is 6.42 Å². The number of ether oxygens (including phenoxy) is 1. The van der Waals surface area contributed by atoms with E-state index < -0.39 is 5.60 Å². The van der Waals surface area contributed by atoms with E-state index in [0.29, 0.717) is 17.4 Å². The number of nitrogens with zero attached hydrogens (tertiary/aromatic N) is 3. The summed E-state index contributed by atoms with van der Waals surface area (Å²) in [6.07, 6.45) is 11.9. The maximum Gasteiger partial charge on any atom is 0.307 e. The van der Waals surface area contributed by atoms with Gasteiger partial charge in [-0.15, -0.1) is 0 Å². The standard InChI is InChI=1S/C27H35N3O3/c1-27(2,3)32-24(31)17-21(15-9-12-19-10-5-4-6-11-19)26-29-25(30-33-26)23-16-20-13-7-8-14-22(20)18-28-23/h7-8,13-14,16,18-19,21H,4-6,9-12,15,17H2,1-3H3/t21-/m1/s1. The van der Waals surface area contributed by atoms with Crippen LogP contribution in [0.4, 0.5) is 0 Å². The molecule has 0 bridgehead atoms. The molecule has 0 spiro atoms. The van der Waals surface area contributed by atoms with Gasteiger partial charge in [0.1, 0.15) is 11.3 Å². The minimum Gasteiger partial charge on any atom is -0.460 e. The highest BCUT2D eigenvalue weighted by Gasteiger charge is 2.26. The highest BCUT2D eigenvalue weighted by atomic mass is 16.6. The van der Waals surface area contributed by atoms with E-state index >= 15 is 0 Å². The highest BCUT2D eigenvalue weighted by molar-refractivity contribution is 5.84. The van der Waals surface area contributed by atoms with Crippen LogP contribution in [0, 0.1) is 5.92 Å². The summed E-state index contributed by atoms with van der Waals surface area (Å²) in [5, 5.41) is 6.33. The molecule has 3 aromatic rings. The molecule has 1 aromatic carbocycles. The zero-order valence-corrected chi connectivity index (χ0v) is 20.0. The van der Waals surface area contributed by atoms with E-state index in [1.807, 2.05) is 57.3 Å². The van der Waals surface area contributed by atoms with Crippen LogP contribution in [0.15, 0.2) is 41.1 Å². The van der Waals surface area contributed by atoms with Crippen LogP contribution in [-0.4, -0.2) is 26.7 Å². The minimum absolute atomic E-state index is 0.148. The Bertz CT molecular complexity index is 1060. The number of benzene rings is 1. The van der Waals surface area contributed by atoms with Gasteiger partial charge in [-0.05, 0) is 44.6 Å². The third kappa shape index (κ3) is 6.62. The summed E-state index contributed by atoms with van der Waals surface area (Å²) < 4.78 is 11.2. The monoisotopic (exact) mass is 449 g/mol. The van der Waals surface area contributed by atoms with E-state index in [4.69, 9.17) is 9.26 Å². The van der Waals surface area contributed by atoms with Gasteiger partial charge in [0.25, 0.3) is 0 Å². The molecule has 0 N–H and O–H groups in total. The van der Waals surface area contributed by atoms with Gasteiger partial charge in [0, 0.05) is 17.5 Å². The number of aromatic nitrogens is 3. The van der Waals surface area contributed by atoms with Gasteiger partial charge in [-0.3, -0.25) is 9.78 Å². The maximum absolute atomic E-state index is 12.6. The summed E-state index contributed by atoms with van der Waals surface area (Å²) in [6.45, 7) is 5.66. The Kier molecular flexibility index (Phi) is 7.41. The van der Waals surface area contributed by atoms with Crippen molar-refractivity contribution in [3.8, 4) is 11.5 Å². The maximum atomic E-state index is 12.6. The van der Waals surface area contributed by atoms with Gasteiger partial charge < -0.3 is 9.26 Å². The summed E-state index contributed by atoms with van der Waals surface area (Å²) in [7, 11) is 0. The molecule has 1 aliphatic carbocycles. The summed E-state index contributed by atoms with van der Waals surface area (Å²) in [5.74, 6) is 1.38. The van der Waals surface area contributed by atoms with Crippen LogP contribution in [-0.2, 0) is 9.53 Å². The summed E-state index contributed by atoms with van der Waals surface area (Å²) in [4.78, 5) is 21.8. The smallest absolute Gasteiger partial charge is 0.307 e. The van der Waals surface area contributed by atoms with E-state index in [1.165, 1.54) is 38.5 Å². The molecule has 2 aromatic heterocycles. The molecule has 6 heteroatoms. The predicted octanol–water partition coefficient (Wildman–Crippen LogP) is 6.85. The summed E-state index contributed by atoms with van der Waals surface area (Å²) in [6, 6.07) is 10.0. The van der Waals surface area contributed by atoms with E-state index in [1.54, 1.807) is 0 Å². The molecule has 33 heavy (non-hydrogen) atoms. The van der Waals surface area contributed by atoms with Crippen molar-refractivity contribution in [3.05, 3.63) is 42.4 Å². The molecule has 0 unspecified atom stereocenters. The van der Waals surface area contributed by atoms with Crippen LogP contribution in [0.2, 0.25) is 0 Å². The van der Waals surface area contributed by atoms with Crippen LogP contribution in [0.1, 0.15) is 90.4 Å². The topological polar surface area (TPSA) is 78.1 Å². The molecular formula is C27H35N3O3. The molecular weight excluding hydrogens is 414 g/mol. The molecule has 4 rings (SSSR count). The average molecular weight is 450 g/mol. The third-order valence-corrected chi connectivity index (χ3v) is 6.37. The van der Waals surface area contributed by atoms with Crippen molar-refractivity contribution in [1.82, 2.24) is 15.1 Å². The SMILES string of the molecule is CC(C)(C)OC(=O)C[C@@H](CCCC1CCCCC1)c1nc(-c2cc3ccccc3cn2)no1. The first-order chi connectivity index (χ1) is 15.9. The molecule has 1 atom stereocenters. The number of carbonyl (C=O) groups excluding carboxylic acids is 1.